The summed E-state index contributed by atoms with van der Waals surface area (Å²) in [4.78, 5) is 0.346. The van der Waals surface area contributed by atoms with Crippen LogP contribution in [0.4, 0.5) is 0 Å². The highest BCUT2D eigenvalue weighted by atomic mass is 32.2. The van der Waals surface area contributed by atoms with E-state index >= 15 is 0 Å². The summed E-state index contributed by atoms with van der Waals surface area (Å²) in [5, 5.41) is 10.4. The molecule has 0 spiro atoms. The van der Waals surface area contributed by atoms with Crippen molar-refractivity contribution in [3.8, 4) is 0 Å². The molecule has 0 heterocycles. The predicted octanol–water partition coefficient (Wildman–Crippen LogP) is 2.40. The highest BCUT2D eigenvalue weighted by molar-refractivity contribution is 7.91. The van der Waals surface area contributed by atoms with E-state index < -0.39 is 15.4 Å². The van der Waals surface area contributed by atoms with Crippen LogP contribution in [0.25, 0.3) is 0 Å². The Morgan fingerprint density at radius 1 is 1.22 bits per heavy atom. The van der Waals surface area contributed by atoms with Gasteiger partial charge in [-0.05, 0) is 30.9 Å². The Balaban J connectivity index is 2.14. The first-order chi connectivity index (χ1) is 8.44. The lowest BCUT2D eigenvalue weighted by Gasteiger charge is -2.29. The van der Waals surface area contributed by atoms with Crippen molar-refractivity contribution in [2.45, 2.75) is 43.1 Å². The van der Waals surface area contributed by atoms with Crippen molar-refractivity contribution in [3.63, 3.8) is 0 Å². The molecular formula is C14H20O3S. The first-order valence-corrected chi connectivity index (χ1v) is 8.09. The van der Waals surface area contributed by atoms with E-state index in [9.17, 15) is 13.5 Å². The average molecular weight is 268 g/mol. The van der Waals surface area contributed by atoms with Crippen molar-refractivity contribution in [2.75, 3.05) is 5.75 Å². The maximum atomic E-state index is 12.2. The van der Waals surface area contributed by atoms with Crippen LogP contribution in [0.1, 0.15) is 32.6 Å². The van der Waals surface area contributed by atoms with Gasteiger partial charge in [-0.15, -0.1) is 0 Å². The van der Waals surface area contributed by atoms with Crippen LogP contribution in [0.3, 0.4) is 0 Å². The van der Waals surface area contributed by atoms with Crippen molar-refractivity contribution >= 4 is 9.84 Å². The molecule has 1 atom stereocenters. The molecule has 1 aromatic rings. The Kier molecular flexibility index (Phi) is 3.78. The quantitative estimate of drug-likeness (QED) is 0.912. The number of hydrogen-bond donors (Lipinski definition) is 1. The summed E-state index contributed by atoms with van der Waals surface area (Å²) < 4.78 is 24.5. The minimum atomic E-state index is -3.30. The smallest absolute Gasteiger partial charge is 0.178 e. The summed E-state index contributed by atoms with van der Waals surface area (Å²) in [6, 6.07) is 8.47. The van der Waals surface area contributed by atoms with E-state index in [1.54, 1.807) is 30.3 Å². The average Bonchev–Trinajstić information content (AvgIpc) is 2.78. The van der Waals surface area contributed by atoms with Gasteiger partial charge in [0.2, 0.25) is 0 Å². The van der Waals surface area contributed by atoms with Gasteiger partial charge in [0.25, 0.3) is 0 Å². The highest BCUT2D eigenvalue weighted by Crippen LogP contribution is 2.36. The maximum absolute atomic E-state index is 12.2. The van der Waals surface area contributed by atoms with Crippen molar-refractivity contribution < 1.29 is 13.5 Å². The minimum absolute atomic E-state index is 0.0213. The van der Waals surface area contributed by atoms with Gasteiger partial charge in [-0.2, -0.15) is 0 Å². The zero-order valence-corrected chi connectivity index (χ0v) is 11.5. The summed E-state index contributed by atoms with van der Waals surface area (Å²) in [5.74, 6) is -0.196. The molecule has 0 aromatic heterocycles. The topological polar surface area (TPSA) is 54.4 Å². The van der Waals surface area contributed by atoms with Crippen LogP contribution in [0.5, 0.6) is 0 Å². The molecule has 1 N–H and O–H groups in total. The van der Waals surface area contributed by atoms with Gasteiger partial charge in [0.15, 0.2) is 9.84 Å². The number of rotatable bonds is 4. The Hall–Kier alpha value is -0.870. The lowest BCUT2D eigenvalue weighted by Crippen LogP contribution is -2.37. The maximum Gasteiger partial charge on any atom is 0.178 e. The van der Waals surface area contributed by atoms with Crippen molar-refractivity contribution in [1.82, 2.24) is 0 Å². The lowest BCUT2D eigenvalue weighted by molar-refractivity contribution is 0.00326. The van der Waals surface area contributed by atoms with Crippen LogP contribution < -0.4 is 0 Å². The van der Waals surface area contributed by atoms with Gasteiger partial charge in [0, 0.05) is 0 Å². The van der Waals surface area contributed by atoms with Gasteiger partial charge in [0.05, 0.1) is 16.2 Å². The van der Waals surface area contributed by atoms with E-state index in [4.69, 9.17) is 0 Å². The first-order valence-electron chi connectivity index (χ1n) is 6.44. The highest BCUT2D eigenvalue weighted by Gasteiger charge is 2.38. The van der Waals surface area contributed by atoms with Crippen molar-refractivity contribution in [2.24, 2.45) is 5.92 Å². The fourth-order valence-corrected chi connectivity index (χ4v) is 4.42. The predicted molar refractivity (Wildman–Crippen MR) is 71.1 cm³/mol. The van der Waals surface area contributed by atoms with Gasteiger partial charge >= 0.3 is 0 Å². The minimum Gasteiger partial charge on any atom is -0.390 e. The summed E-state index contributed by atoms with van der Waals surface area (Å²) >= 11 is 0. The van der Waals surface area contributed by atoms with Gasteiger partial charge < -0.3 is 5.11 Å². The van der Waals surface area contributed by atoms with E-state index in [1.165, 1.54) is 0 Å². The number of hydrogen-bond acceptors (Lipinski definition) is 3. The van der Waals surface area contributed by atoms with E-state index in [2.05, 4.69) is 0 Å². The normalized spacial score (nSPS) is 20.8. The summed E-state index contributed by atoms with van der Waals surface area (Å²) in [6.45, 7) is 1.84. The van der Waals surface area contributed by atoms with E-state index in [-0.39, 0.29) is 11.7 Å². The Labute approximate surface area is 109 Å². The molecule has 1 saturated carbocycles. The van der Waals surface area contributed by atoms with Crippen LogP contribution in [0.15, 0.2) is 35.2 Å². The summed E-state index contributed by atoms with van der Waals surface area (Å²) in [5.41, 5.74) is -0.790. The zero-order valence-electron chi connectivity index (χ0n) is 10.7. The standard InChI is InChI=1S/C14H20O3S/c1-12(14(15)9-5-6-10-14)11-18(16,17)13-7-3-2-4-8-13/h2-4,7-8,12,15H,5-6,9-11H2,1H3/t12-/m1/s1. The van der Waals surface area contributed by atoms with E-state index in [0.29, 0.717) is 4.90 Å². The number of aliphatic hydroxyl groups is 1. The lowest BCUT2D eigenvalue weighted by atomic mass is 9.89. The van der Waals surface area contributed by atoms with Gasteiger partial charge in [-0.3, -0.25) is 0 Å². The molecule has 0 bridgehead atoms. The Morgan fingerprint density at radius 3 is 2.33 bits per heavy atom. The SMILES string of the molecule is C[C@H](CS(=O)(=O)c1ccccc1)C1(O)CCCC1. The van der Waals surface area contributed by atoms with Crippen molar-refractivity contribution in [1.29, 1.82) is 0 Å². The largest absolute Gasteiger partial charge is 0.390 e. The molecule has 0 amide bonds. The molecule has 100 valence electrons. The second kappa shape index (κ2) is 5.02. The number of sulfone groups is 1. The van der Waals surface area contributed by atoms with Gasteiger partial charge in [0.1, 0.15) is 0 Å². The number of benzene rings is 1. The molecule has 3 nitrogen and oxygen atoms in total. The molecule has 0 radical (unpaired) electrons. The third kappa shape index (κ3) is 2.75. The van der Waals surface area contributed by atoms with Crippen LogP contribution in [0, 0.1) is 5.92 Å². The monoisotopic (exact) mass is 268 g/mol. The van der Waals surface area contributed by atoms with Crippen LogP contribution in [-0.2, 0) is 9.84 Å². The molecule has 0 unspecified atom stereocenters. The molecule has 1 aliphatic carbocycles. The van der Waals surface area contributed by atoms with Gasteiger partial charge in [-0.25, -0.2) is 8.42 Å². The fourth-order valence-electron chi connectivity index (χ4n) is 2.69. The second-order valence-corrected chi connectivity index (χ2v) is 7.34. The van der Waals surface area contributed by atoms with Crippen LogP contribution >= 0.6 is 0 Å². The molecule has 1 aliphatic rings. The molecule has 1 fully saturated rings. The molecule has 0 saturated heterocycles. The molecular weight excluding hydrogens is 248 g/mol. The summed E-state index contributed by atoms with van der Waals surface area (Å²) in [7, 11) is -3.30. The Morgan fingerprint density at radius 2 is 1.78 bits per heavy atom. The van der Waals surface area contributed by atoms with E-state index in [1.807, 2.05) is 6.92 Å². The van der Waals surface area contributed by atoms with Gasteiger partial charge in [-0.1, -0.05) is 38.0 Å². The molecule has 1 aromatic carbocycles. The van der Waals surface area contributed by atoms with Crippen molar-refractivity contribution in [3.05, 3.63) is 30.3 Å². The van der Waals surface area contributed by atoms with Crippen LogP contribution in [0.2, 0.25) is 0 Å². The molecule has 4 heteroatoms. The zero-order chi connectivity index (χ0) is 13.2. The third-order valence-electron chi connectivity index (χ3n) is 3.96. The molecule has 18 heavy (non-hydrogen) atoms. The van der Waals surface area contributed by atoms with E-state index in [0.717, 1.165) is 25.7 Å². The fraction of sp³-hybridized carbons (Fsp3) is 0.571. The molecule has 0 aliphatic heterocycles. The third-order valence-corrected chi connectivity index (χ3v) is 5.89. The first kappa shape index (κ1) is 13.6. The molecule has 2 rings (SSSR count). The van der Waals surface area contributed by atoms with Crippen LogP contribution in [-0.4, -0.2) is 24.9 Å². The summed E-state index contributed by atoms with van der Waals surface area (Å²) in [6.07, 6.45) is 3.43. The Bertz CT molecular complexity index is 487. The second-order valence-electron chi connectivity index (χ2n) is 5.31.